The van der Waals surface area contributed by atoms with E-state index in [-0.39, 0.29) is 22.9 Å². The number of fused-ring (bicyclic) bond motifs is 1. The third-order valence-corrected chi connectivity index (χ3v) is 3.93. The van der Waals surface area contributed by atoms with Crippen LogP contribution in [0.4, 0.5) is 0 Å². The topological polar surface area (TPSA) is 120 Å². The molecule has 0 aliphatic rings. The first-order chi connectivity index (χ1) is 13.9. The highest BCUT2D eigenvalue weighted by molar-refractivity contribution is 6.05. The molecule has 0 saturated carbocycles. The third kappa shape index (κ3) is 4.57. The summed E-state index contributed by atoms with van der Waals surface area (Å²) in [6.07, 6.45) is 1.29. The van der Waals surface area contributed by atoms with Crippen LogP contribution in [-0.4, -0.2) is 34.2 Å². The van der Waals surface area contributed by atoms with Gasteiger partial charge in [-0.05, 0) is 24.1 Å². The smallest absolute Gasteiger partial charge is 0.359 e. The summed E-state index contributed by atoms with van der Waals surface area (Å²) in [5, 5.41) is 6.84. The predicted molar refractivity (Wildman–Crippen MR) is 102 cm³/mol. The van der Waals surface area contributed by atoms with Crippen molar-refractivity contribution < 1.29 is 23.5 Å². The molecule has 0 fully saturated rings. The van der Waals surface area contributed by atoms with Crippen molar-refractivity contribution in [1.82, 2.24) is 15.1 Å². The lowest BCUT2D eigenvalue weighted by Crippen LogP contribution is -2.34. The van der Waals surface area contributed by atoms with E-state index < -0.39 is 24.4 Å². The Morgan fingerprint density at radius 3 is 2.52 bits per heavy atom. The van der Waals surface area contributed by atoms with E-state index in [4.69, 9.17) is 9.15 Å². The number of furan rings is 1. The average molecular weight is 397 g/mol. The molecule has 0 unspecified atom stereocenters. The van der Waals surface area contributed by atoms with E-state index >= 15 is 0 Å². The number of nitrogens with zero attached hydrogens (tertiary/aromatic N) is 2. The number of ether oxygens (including phenoxy) is 1. The Morgan fingerprint density at radius 2 is 1.86 bits per heavy atom. The van der Waals surface area contributed by atoms with Crippen molar-refractivity contribution in [1.29, 1.82) is 0 Å². The van der Waals surface area contributed by atoms with E-state index in [9.17, 15) is 19.2 Å². The number of esters is 1. The molecule has 0 aliphatic carbocycles. The summed E-state index contributed by atoms with van der Waals surface area (Å²) in [5.41, 5.74) is -0.390. The summed E-state index contributed by atoms with van der Waals surface area (Å²) >= 11 is 0. The SMILES string of the molecule is CC(C)Cn1nc(C(=O)OCC(=O)NC(=O)c2ccco2)c2ccccc2c1=O. The van der Waals surface area contributed by atoms with Gasteiger partial charge in [-0.15, -0.1) is 0 Å². The van der Waals surface area contributed by atoms with Gasteiger partial charge in [-0.2, -0.15) is 5.10 Å². The number of carbonyl (C=O) groups is 3. The molecule has 2 aromatic heterocycles. The highest BCUT2D eigenvalue weighted by atomic mass is 16.5. The lowest BCUT2D eigenvalue weighted by atomic mass is 10.1. The van der Waals surface area contributed by atoms with Crippen LogP contribution in [-0.2, 0) is 16.1 Å². The molecule has 0 radical (unpaired) electrons. The molecule has 150 valence electrons. The number of amides is 2. The second kappa shape index (κ2) is 8.51. The zero-order chi connectivity index (χ0) is 21.0. The van der Waals surface area contributed by atoms with Gasteiger partial charge in [-0.1, -0.05) is 32.0 Å². The fraction of sp³-hybridized carbons (Fsp3) is 0.250. The number of aromatic nitrogens is 2. The molecule has 2 amide bonds. The monoisotopic (exact) mass is 397 g/mol. The zero-order valence-electron chi connectivity index (χ0n) is 15.9. The Balaban J connectivity index is 1.78. The Morgan fingerprint density at radius 1 is 1.14 bits per heavy atom. The van der Waals surface area contributed by atoms with Crippen LogP contribution in [0.2, 0.25) is 0 Å². The summed E-state index contributed by atoms with van der Waals surface area (Å²) < 4.78 is 11.1. The van der Waals surface area contributed by atoms with Crippen LogP contribution < -0.4 is 10.9 Å². The molecular weight excluding hydrogens is 378 g/mol. The van der Waals surface area contributed by atoms with Gasteiger partial charge in [0.15, 0.2) is 18.1 Å². The van der Waals surface area contributed by atoms with Crippen molar-refractivity contribution >= 4 is 28.6 Å². The predicted octanol–water partition coefficient (Wildman–Crippen LogP) is 1.76. The molecule has 9 nitrogen and oxygen atoms in total. The second-order valence-corrected chi connectivity index (χ2v) is 6.71. The molecule has 0 bridgehead atoms. The fourth-order valence-corrected chi connectivity index (χ4v) is 2.69. The van der Waals surface area contributed by atoms with Crippen LogP contribution in [0.25, 0.3) is 10.8 Å². The fourth-order valence-electron chi connectivity index (χ4n) is 2.69. The molecular formula is C20H19N3O6. The number of hydrogen-bond acceptors (Lipinski definition) is 7. The summed E-state index contributed by atoms with van der Waals surface area (Å²) in [7, 11) is 0. The minimum atomic E-state index is -0.876. The highest BCUT2D eigenvalue weighted by Crippen LogP contribution is 2.14. The maximum Gasteiger partial charge on any atom is 0.359 e. The number of imide groups is 1. The quantitative estimate of drug-likeness (QED) is 0.629. The Hall–Kier alpha value is -3.75. The van der Waals surface area contributed by atoms with Gasteiger partial charge in [0.05, 0.1) is 11.6 Å². The number of nitrogens with one attached hydrogen (secondary N) is 1. The van der Waals surface area contributed by atoms with E-state index in [2.05, 4.69) is 5.10 Å². The highest BCUT2D eigenvalue weighted by Gasteiger charge is 2.20. The molecule has 9 heteroatoms. The van der Waals surface area contributed by atoms with Crippen molar-refractivity contribution in [2.45, 2.75) is 20.4 Å². The lowest BCUT2D eigenvalue weighted by Gasteiger charge is -2.12. The average Bonchev–Trinajstić information content (AvgIpc) is 3.23. The summed E-state index contributed by atoms with van der Waals surface area (Å²) in [6, 6.07) is 9.43. The summed E-state index contributed by atoms with van der Waals surface area (Å²) in [4.78, 5) is 48.8. The van der Waals surface area contributed by atoms with Crippen LogP contribution in [0.15, 0.2) is 51.9 Å². The lowest BCUT2D eigenvalue weighted by molar-refractivity contribution is -0.123. The number of benzene rings is 1. The minimum Gasteiger partial charge on any atom is -0.459 e. The first kappa shape index (κ1) is 20.0. The zero-order valence-corrected chi connectivity index (χ0v) is 15.9. The van der Waals surface area contributed by atoms with Gasteiger partial charge in [0.1, 0.15) is 0 Å². The van der Waals surface area contributed by atoms with E-state index in [1.54, 1.807) is 24.3 Å². The second-order valence-electron chi connectivity index (χ2n) is 6.71. The maximum atomic E-state index is 12.6. The van der Waals surface area contributed by atoms with E-state index in [1.807, 2.05) is 19.2 Å². The van der Waals surface area contributed by atoms with Crippen molar-refractivity contribution in [3.8, 4) is 0 Å². The minimum absolute atomic E-state index is 0.0434. The summed E-state index contributed by atoms with van der Waals surface area (Å²) in [6.45, 7) is 3.47. The molecule has 3 rings (SSSR count). The van der Waals surface area contributed by atoms with Crippen LogP contribution in [0.5, 0.6) is 0 Å². The van der Waals surface area contributed by atoms with Crippen molar-refractivity contribution in [2.75, 3.05) is 6.61 Å². The maximum absolute atomic E-state index is 12.6. The van der Waals surface area contributed by atoms with Gasteiger partial charge in [0, 0.05) is 11.9 Å². The van der Waals surface area contributed by atoms with Gasteiger partial charge < -0.3 is 9.15 Å². The molecule has 0 atom stereocenters. The first-order valence-corrected chi connectivity index (χ1v) is 8.91. The molecule has 2 heterocycles. The van der Waals surface area contributed by atoms with Gasteiger partial charge in [-0.3, -0.25) is 19.7 Å². The molecule has 29 heavy (non-hydrogen) atoms. The molecule has 1 N–H and O–H groups in total. The van der Waals surface area contributed by atoms with Crippen LogP contribution >= 0.6 is 0 Å². The number of rotatable bonds is 6. The van der Waals surface area contributed by atoms with E-state index in [1.165, 1.54) is 23.1 Å². The summed E-state index contributed by atoms with van der Waals surface area (Å²) in [5.74, 6) is -2.36. The standard InChI is InChI=1S/C20H19N3O6/c1-12(2)10-23-19(26)14-7-4-3-6-13(14)17(22-23)20(27)29-11-16(24)21-18(25)15-8-5-9-28-15/h3-9,12H,10-11H2,1-2H3,(H,21,24,25). The largest absolute Gasteiger partial charge is 0.459 e. The van der Waals surface area contributed by atoms with Gasteiger partial charge in [0.2, 0.25) is 0 Å². The molecule has 0 saturated heterocycles. The van der Waals surface area contributed by atoms with Crippen molar-refractivity contribution in [2.24, 2.45) is 5.92 Å². The molecule has 3 aromatic rings. The van der Waals surface area contributed by atoms with Crippen molar-refractivity contribution in [3.63, 3.8) is 0 Å². The Bertz CT molecular complexity index is 1110. The molecule has 0 aliphatic heterocycles. The number of hydrogen-bond donors (Lipinski definition) is 1. The molecule has 0 spiro atoms. The van der Waals surface area contributed by atoms with Crippen LogP contribution in [0, 0.1) is 5.92 Å². The van der Waals surface area contributed by atoms with Crippen molar-refractivity contribution in [3.05, 3.63) is 64.5 Å². The van der Waals surface area contributed by atoms with E-state index in [0.717, 1.165) is 0 Å². The van der Waals surface area contributed by atoms with Crippen LogP contribution in [0.1, 0.15) is 34.9 Å². The number of carbonyl (C=O) groups excluding carboxylic acids is 3. The van der Waals surface area contributed by atoms with Crippen LogP contribution in [0.3, 0.4) is 0 Å². The molecule has 1 aromatic carbocycles. The van der Waals surface area contributed by atoms with Gasteiger partial charge >= 0.3 is 5.97 Å². The van der Waals surface area contributed by atoms with E-state index in [0.29, 0.717) is 17.3 Å². The Labute approximate surface area is 165 Å². The Kier molecular flexibility index (Phi) is 5.87. The third-order valence-electron chi connectivity index (χ3n) is 3.93. The first-order valence-electron chi connectivity index (χ1n) is 8.91. The van der Waals surface area contributed by atoms with Gasteiger partial charge in [-0.25, -0.2) is 9.48 Å². The normalized spacial score (nSPS) is 10.9. The van der Waals surface area contributed by atoms with Gasteiger partial charge in [0.25, 0.3) is 17.4 Å².